The molecule has 0 atom stereocenters. The molecule has 0 spiro atoms. The summed E-state index contributed by atoms with van der Waals surface area (Å²) in [5.41, 5.74) is 1.65. The average Bonchev–Trinajstić information content (AvgIpc) is 3.06. The van der Waals surface area contributed by atoms with E-state index in [1.165, 1.54) is 6.08 Å². The largest absolute Gasteiger partial charge is 0.406 e. The molecule has 5 nitrogen and oxygen atoms in total. The number of rotatable bonds is 6. The molecular formula is C17H20ClF3N4OS. The normalized spacial score (nSPS) is 12.3. The van der Waals surface area contributed by atoms with Crippen molar-refractivity contribution in [3.8, 4) is 0 Å². The van der Waals surface area contributed by atoms with Gasteiger partial charge in [0.1, 0.15) is 11.7 Å². The highest BCUT2D eigenvalue weighted by atomic mass is 35.5. The first kappa shape index (κ1) is 21.4. The number of thiazole rings is 1. The monoisotopic (exact) mass is 420 g/mol. The molecule has 0 aromatic carbocycles. The van der Waals surface area contributed by atoms with Gasteiger partial charge in [0.25, 0.3) is 5.91 Å². The molecule has 0 N–H and O–H groups in total. The summed E-state index contributed by atoms with van der Waals surface area (Å²) < 4.78 is 40.3. The topological polar surface area (TPSA) is 51.0 Å². The van der Waals surface area contributed by atoms with E-state index in [0.717, 1.165) is 17.4 Å². The molecule has 27 heavy (non-hydrogen) atoms. The van der Waals surface area contributed by atoms with Crippen LogP contribution in [0.5, 0.6) is 0 Å². The zero-order valence-electron chi connectivity index (χ0n) is 15.3. The van der Waals surface area contributed by atoms with Crippen molar-refractivity contribution in [2.75, 3.05) is 11.4 Å². The van der Waals surface area contributed by atoms with Crippen molar-refractivity contribution >= 4 is 40.1 Å². The molecule has 148 valence electrons. The molecule has 10 heteroatoms. The maximum atomic E-state index is 12.9. The van der Waals surface area contributed by atoms with Crippen LogP contribution in [0.15, 0.2) is 11.5 Å². The summed E-state index contributed by atoms with van der Waals surface area (Å²) in [7, 11) is 0. The van der Waals surface area contributed by atoms with Crippen molar-refractivity contribution in [3.05, 3.63) is 33.6 Å². The minimum Gasteiger partial charge on any atom is -0.275 e. The first-order chi connectivity index (χ1) is 12.5. The number of hydrogen-bond acceptors (Lipinski definition) is 4. The third kappa shape index (κ3) is 5.80. The molecule has 0 aliphatic rings. The fourth-order valence-corrected chi connectivity index (χ4v) is 3.47. The lowest BCUT2D eigenvalue weighted by Gasteiger charge is -2.19. The van der Waals surface area contributed by atoms with E-state index in [1.54, 1.807) is 23.9 Å². The van der Waals surface area contributed by atoms with Crippen LogP contribution in [0.4, 0.5) is 18.3 Å². The summed E-state index contributed by atoms with van der Waals surface area (Å²) in [5, 5.41) is 6.25. The molecule has 0 bridgehead atoms. The van der Waals surface area contributed by atoms with Gasteiger partial charge in [0.2, 0.25) is 0 Å². The van der Waals surface area contributed by atoms with Crippen LogP contribution in [-0.2, 0) is 11.3 Å². The van der Waals surface area contributed by atoms with E-state index in [1.807, 2.05) is 13.8 Å². The Morgan fingerprint density at radius 3 is 2.59 bits per heavy atom. The molecule has 2 aromatic heterocycles. The van der Waals surface area contributed by atoms with E-state index < -0.39 is 18.6 Å². The average molecular weight is 421 g/mol. The van der Waals surface area contributed by atoms with E-state index in [-0.39, 0.29) is 5.13 Å². The molecular weight excluding hydrogens is 401 g/mol. The third-order valence-corrected chi connectivity index (χ3v) is 4.86. The van der Waals surface area contributed by atoms with E-state index in [4.69, 9.17) is 11.6 Å². The Morgan fingerprint density at radius 2 is 2.07 bits per heavy atom. The number of anilines is 1. The fourth-order valence-electron chi connectivity index (χ4n) is 2.35. The Balaban J connectivity index is 2.28. The standard InChI is InChI=1S/C17H20ClF3N4OS/c1-10(2)7-25-15(18)13(12(4)23-25)5-6-14(26)24(9-17(19,20)21)16-22-11(3)8-27-16/h5-6,8,10H,7,9H2,1-4H3. The highest BCUT2D eigenvalue weighted by molar-refractivity contribution is 7.14. The van der Waals surface area contributed by atoms with Gasteiger partial charge in [0.15, 0.2) is 5.13 Å². The summed E-state index contributed by atoms with van der Waals surface area (Å²) in [6.45, 7) is 6.58. The second-order valence-electron chi connectivity index (χ2n) is 6.51. The van der Waals surface area contributed by atoms with E-state index >= 15 is 0 Å². The van der Waals surface area contributed by atoms with Gasteiger partial charge in [0.05, 0.1) is 11.4 Å². The Morgan fingerprint density at radius 1 is 1.41 bits per heavy atom. The lowest BCUT2D eigenvalue weighted by atomic mass is 10.2. The number of alkyl halides is 3. The molecule has 0 saturated carbocycles. The summed E-state index contributed by atoms with van der Waals surface area (Å²) in [4.78, 5) is 17.0. The lowest BCUT2D eigenvalue weighted by molar-refractivity contribution is -0.129. The van der Waals surface area contributed by atoms with E-state index in [0.29, 0.717) is 39.5 Å². The van der Waals surface area contributed by atoms with Crippen LogP contribution >= 0.6 is 22.9 Å². The van der Waals surface area contributed by atoms with Gasteiger partial charge in [-0.1, -0.05) is 25.4 Å². The van der Waals surface area contributed by atoms with Crippen molar-refractivity contribution in [3.63, 3.8) is 0 Å². The first-order valence-electron chi connectivity index (χ1n) is 8.19. The van der Waals surface area contributed by atoms with Gasteiger partial charge >= 0.3 is 6.18 Å². The molecule has 2 heterocycles. The number of amides is 1. The van der Waals surface area contributed by atoms with Crippen LogP contribution in [0.1, 0.15) is 30.8 Å². The quantitative estimate of drug-likeness (QED) is 0.626. The Hall–Kier alpha value is -1.87. The van der Waals surface area contributed by atoms with Gasteiger partial charge < -0.3 is 0 Å². The summed E-state index contributed by atoms with van der Waals surface area (Å²) in [6, 6.07) is 0. The minimum absolute atomic E-state index is 0.00204. The second kappa shape index (κ2) is 8.43. The summed E-state index contributed by atoms with van der Waals surface area (Å²) in [5.74, 6) is -0.510. The van der Waals surface area contributed by atoms with Crippen LogP contribution in [0.3, 0.4) is 0 Å². The Kier molecular flexibility index (Phi) is 6.69. The molecule has 2 rings (SSSR count). The van der Waals surface area contributed by atoms with Gasteiger partial charge in [-0.3, -0.25) is 14.4 Å². The highest BCUT2D eigenvalue weighted by Gasteiger charge is 2.34. The van der Waals surface area contributed by atoms with Crippen LogP contribution in [-0.4, -0.2) is 33.4 Å². The molecule has 0 saturated heterocycles. The molecule has 0 aliphatic carbocycles. The highest BCUT2D eigenvalue weighted by Crippen LogP contribution is 2.27. The maximum absolute atomic E-state index is 12.9. The minimum atomic E-state index is -4.54. The summed E-state index contributed by atoms with van der Waals surface area (Å²) >= 11 is 7.28. The van der Waals surface area contributed by atoms with Gasteiger partial charge in [-0.05, 0) is 25.8 Å². The zero-order chi connectivity index (χ0) is 20.4. The van der Waals surface area contributed by atoms with E-state index in [9.17, 15) is 18.0 Å². The molecule has 0 radical (unpaired) electrons. The SMILES string of the molecule is Cc1csc(N(CC(F)(F)F)C(=O)C=Cc2c(C)nn(CC(C)C)c2Cl)n1. The Bertz CT molecular complexity index is 842. The molecule has 0 unspecified atom stereocenters. The van der Waals surface area contributed by atoms with Crippen LogP contribution in [0, 0.1) is 19.8 Å². The van der Waals surface area contributed by atoms with Crippen LogP contribution < -0.4 is 4.90 Å². The number of halogens is 4. The van der Waals surface area contributed by atoms with Gasteiger partial charge in [-0.2, -0.15) is 18.3 Å². The maximum Gasteiger partial charge on any atom is 0.406 e. The zero-order valence-corrected chi connectivity index (χ0v) is 16.9. The van der Waals surface area contributed by atoms with Crippen molar-refractivity contribution in [2.45, 2.75) is 40.4 Å². The van der Waals surface area contributed by atoms with Crippen molar-refractivity contribution in [1.82, 2.24) is 14.8 Å². The predicted molar refractivity (Wildman–Crippen MR) is 101 cm³/mol. The van der Waals surface area contributed by atoms with Crippen LogP contribution in [0.2, 0.25) is 5.15 Å². The first-order valence-corrected chi connectivity index (χ1v) is 9.45. The smallest absolute Gasteiger partial charge is 0.275 e. The number of aromatic nitrogens is 3. The van der Waals surface area contributed by atoms with Crippen molar-refractivity contribution in [1.29, 1.82) is 0 Å². The molecule has 0 fully saturated rings. The number of carbonyl (C=O) groups is 1. The number of aryl methyl sites for hydroxylation is 2. The molecule has 0 aliphatic heterocycles. The number of carbonyl (C=O) groups excluding carboxylic acids is 1. The molecule has 1 amide bonds. The van der Waals surface area contributed by atoms with Crippen molar-refractivity contribution in [2.24, 2.45) is 5.92 Å². The fraction of sp³-hybridized carbons (Fsp3) is 0.471. The van der Waals surface area contributed by atoms with E-state index in [2.05, 4.69) is 10.1 Å². The van der Waals surface area contributed by atoms with Gasteiger partial charge in [-0.15, -0.1) is 11.3 Å². The second-order valence-corrected chi connectivity index (χ2v) is 7.70. The Labute approximate surface area is 164 Å². The van der Waals surface area contributed by atoms with Gasteiger partial charge in [-0.25, -0.2) is 4.98 Å². The number of hydrogen-bond donors (Lipinski definition) is 0. The predicted octanol–water partition coefficient (Wildman–Crippen LogP) is 4.87. The third-order valence-electron chi connectivity index (χ3n) is 3.48. The van der Waals surface area contributed by atoms with Crippen molar-refractivity contribution < 1.29 is 18.0 Å². The van der Waals surface area contributed by atoms with Gasteiger partial charge in [0, 0.05) is 23.6 Å². The number of nitrogens with zero attached hydrogens (tertiary/aromatic N) is 4. The van der Waals surface area contributed by atoms with Crippen LogP contribution in [0.25, 0.3) is 6.08 Å². The lowest BCUT2D eigenvalue weighted by Crippen LogP contribution is -2.38. The summed E-state index contributed by atoms with van der Waals surface area (Å²) in [6.07, 6.45) is -2.08. The molecule has 2 aromatic rings.